The van der Waals surface area contributed by atoms with Crippen molar-refractivity contribution in [3.8, 4) is 5.75 Å². The number of esters is 1. The summed E-state index contributed by atoms with van der Waals surface area (Å²) >= 11 is 0. The summed E-state index contributed by atoms with van der Waals surface area (Å²) in [6.45, 7) is 2.95. The molecule has 0 radical (unpaired) electrons. The lowest BCUT2D eigenvalue weighted by Crippen LogP contribution is -2.49. The van der Waals surface area contributed by atoms with Crippen molar-refractivity contribution in [2.75, 3.05) is 26.8 Å². The number of hydrogen-bond acceptors (Lipinski definition) is 4. The Kier molecular flexibility index (Phi) is 4.98. The number of piperidine rings is 2. The number of nitrogens with zero attached hydrogens (tertiary/aromatic N) is 1. The maximum atomic E-state index is 12.3. The van der Waals surface area contributed by atoms with Gasteiger partial charge in [0.25, 0.3) is 0 Å². The second-order valence-electron chi connectivity index (χ2n) is 6.30. The van der Waals surface area contributed by atoms with Gasteiger partial charge in [0, 0.05) is 12.0 Å². The molecule has 2 aliphatic rings. The Balaban J connectivity index is 1.60. The minimum atomic E-state index is -0.273. The maximum absolute atomic E-state index is 12.3. The molecule has 0 aromatic heterocycles. The summed E-state index contributed by atoms with van der Waals surface area (Å²) in [7, 11) is 1.58. The molecular weight excluding hydrogens is 278 g/mol. The Morgan fingerprint density at radius 3 is 2.86 bits per heavy atom. The predicted octanol–water partition coefficient (Wildman–Crippen LogP) is 3.12. The van der Waals surface area contributed by atoms with E-state index in [1.165, 1.54) is 45.2 Å². The maximum Gasteiger partial charge on any atom is 0.341 e. The van der Waals surface area contributed by atoms with E-state index in [1.807, 2.05) is 12.1 Å². The van der Waals surface area contributed by atoms with Crippen molar-refractivity contribution in [3.63, 3.8) is 0 Å². The van der Waals surface area contributed by atoms with Crippen LogP contribution in [0.15, 0.2) is 24.3 Å². The molecule has 2 fully saturated rings. The van der Waals surface area contributed by atoms with Gasteiger partial charge >= 0.3 is 5.97 Å². The van der Waals surface area contributed by atoms with Gasteiger partial charge in [-0.25, -0.2) is 4.79 Å². The molecule has 0 N–H and O–H groups in total. The number of carbonyl (C=O) groups excluding carboxylic acids is 1. The number of para-hydroxylation sites is 1. The lowest BCUT2D eigenvalue weighted by molar-refractivity contribution is 0.00722. The van der Waals surface area contributed by atoms with Gasteiger partial charge in [0.1, 0.15) is 11.3 Å². The van der Waals surface area contributed by atoms with Gasteiger partial charge < -0.3 is 9.47 Å². The van der Waals surface area contributed by atoms with Gasteiger partial charge in [-0.1, -0.05) is 18.6 Å². The number of benzene rings is 1. The van der Waals surface area contributed by atoms with E-state index in [-0.39, 0.29) is 5.97 Å². The summed E-state index contributed by atoms with van der Waals surface area (Å²) in [6, 6.07) is 7.85. The van der Waals surface area contributed by atoms with Crippen molar-refractivity contribution < 1.29 is 14.3 Å². The fourth-order valence-electron chi connectivity index (χ4n) is 3.85. The van der Waals surface area contributed by atoms with Gasteiger partial charge in [-0.15, -0.1) is 0 Å². The Bertz CT molecular complexity index is 515. The van der Waals surface area contributed by atoms with Crippen LogP contribution < -0.4 is 4.74 Å². The summed E-state index contributed by atoms with van der Waals surface area (Å²) in [5.41, 5.74) is 0.515. The van der Waals surface area contributed by atoms with Crippen LogP contribution in [-0.4, -0.2) is 43.7 Å². The van der Waals surface area contributed by atoms with E-state index < -0.39 is 0 Å². The van der Waals surface area contributed by atoms with Crippen molar-refractivity contribution in [3.05, 3.63) is 29.8 Å². The van der Waals surface area contributed by atoms with Crippen LogP contribution >= 0.6 is 0 Å². The monoisotopic (exact) mass is 303 g/mol. The minimum absolute atomic E-state index is 0.273. The summed E-state index contributed by atoms with van der Waals surface area (Å²) in [6.07, 6.45) is 6.24. The van der Waals surface area contributed by atoms with Crippen LogP contribution in [0.25, 0.3) is 0 Å². The standard InChI is InChI=1S/C18H25NO3/c1-21-17-10-3-2-8-15(17)18(20)22-13-14-7-6-12-19-11-5-4-9-16(14)19/h2-3,8,10,14,16H,4-7,9,11-13H2,1H3/t14-,16+/m0/s1. The van der Waals surface area contributed by atoms with E-state index >= 15 is 0 Å². The van der Waals surface area contributed by atoms with E-state index in [4.69, 9.17) is 9.47 Å². The Hall–Kier alpha value is -1.55. The first-order valence-electron chi connectivity index (χ1n) is 8.34. The molecule has 0 bridgehead atoms. The highest BCUT2D eigenvalue weighted by Gasteiger charge is 2.33. The van der Waals surface area contributed by atoms with E-state index in [0.29, 0.717) is 29.9 Å². The van der Waals surface area contributed by atoms with Gasteiger partial charge in [0.2, 0.25) is 0 Å². The fourth-order valence-corrected chi connectivity index (χ4v) is 3.85. The van der Waals surface area contributed by atoms with Gasteiger partial charge in [-0.05, 0) is 50.9 Å². The molecule has 2 heterocycles. The molecule has 2 saturated heterocycles. The highest BCUT2D eigenvalue weighted by atomic mass is 16.5. The summed E-state index contributed by atoms with van der Waals surface area (Å²) in [5, 5.41) is 0. The average Bonchev–Trinajstić information content (AvgIpc) is 2.59. The third kappa shape index (κ3) is 3.27. The van der Waals surface area contributed by atoms with Gasteiger partial charge in [0.05, 0.1) is 13.7 Å². The smallest absolute Gasteiger partial charge is 0.341 e. The van der Waals surface area contributed by atoms with Crippen LogP contribution in [0.1, 0.15) is 42.5 Å². The average molecular weight is 303 g/mol. The first-order valence-corrected chi connectivity index (χ1v) is 8.34. The summed E-state index contributed by atoms with van der Waals surface area (Å²) in [5.74, 6) is 0.786. The highest BCUT2D eigenvalue weighted by Crippen LogP contribution is 2.31. The van der Waals surface area contributed by atoms with Crippen molar-refractivity contribution in [1.29, 1.82) is 0 Å². The third-order valence-corrected chi connectivity index (χ3v) is 4.98. The summed E-state index contributed by atoms with van der Waals surface area (Å²) < 4.78 is 10.8. The zero-order valence-electron chi connectivity index (χ0n) is 13.3. The normalized spacial score (nSPS) is 25.3. The molecule has 0 spiro atoms. The zero-order chi connectivity index (χ0) is 15.4. The topological polar surface area (TPSA) is 38.8 Å². The van der Waals surface area contributed by atoms with Crippen molar-refractivity contribution in [1.82, 2.24) is 4.90 Å². The van der Waals surface area contributed by atoms with Crippen LogP contribution in [0.4, 0.5) is 0 Å². The largest absolute Gasteiger partial charge is 0.496 e. The number of methoxy groups -OCH3 is 1. The Morgan fingerprint density at radius 1 is 1.18 bits per heavy atom. The van der Waals surface area contributed by atoms with Crippen LogP contribution in [-0.2, 0) is 4.74 Å². The summed E-state index contributed by atoms with van der Waals surface area (Å²) in [4.78, 5) is 14.9. The van der Waals surface area contributed by atoms with E-state index in [2.05, 4.69) is 4.90 Å². The molecule has 120 valence electrons. The highest BCUT2D eigenvalue weighted by molar-refractivity contribution is 5.92. The molecule has 1 aromatic rings. The van der Waals surface area contributed by atoms with Crippen LogP contribution in [0.2, 0.25) is 0 Å². The van der Waals surface area contributed by atoms with E-state index in [0.717, 1.165) is 0 Å². The molecule has 4 heteroatoms. The molecule has 0 aliphatic carbocycles. The second kappa shape index (κ2) is 7.14. The van der Waals surface area contributed by atoms with Crippen molar-refractivity contribution >= 4 is 5.97 Å². The zero-order valence-corrected chi connectivity index (χ0v) is 13.3. The number of hydrogen-bond donors (Lipinski definition) is 0. The molecule has 22 heavy (non-hydrogen) atoms. The Morgan fingerprint density at radius 2 is 2.00 bits per heavy atom. The SMILES string of the molecule is COc1ccccc1C(=O)OC[C@@H]1CCCN2CCCC[C@H]12. The van der Waals surface area contributed by atoms with Gasteiger partial charge in [-0.2, -0.15) is 0 Å². The molecule has 4 nitrogen and oxygen atoms in total. The van der Waals surface area contributed by atoms with Gasteiger partial charge in [-0.3, -0.25) is 4.90 Å². The Labute approximate surface area is 132 Å². The van der Waals surface area contributed by atoms with Crippen LogP contribution in [0, 0.1) is 5.92 Å². The minimum Gasteiger partial charge on any atom is -0.496 e. The second-order valence-corrected chi connectivity index (χ2v) is 6.30. The molecule has 1 aromatic carbocycles. The van der Waals surface area contributed by atoms with Crippen molar-refractivity contribution in [2.24, 2.45) is 5.92 Å². The lowest BCUT2D eigenvalue weighted by atomic mass is 9.84. The van der Waals surface area contributed by atoms with E-state index in [9.17, 15) is 4.79 Å². The number of carbonyl (C=O) groups is 1. The predicted molar refractivity (Wildman–Crippen MR) is 85.2 cm³/mol. The number of rotatable bonds is 4. The number of fused-ring (bicyclic) bond motifs is 1. The fraction of sp³-hybridized carbons (Fsp3) is 0.611. The molecule has 0 amide bonds. The lowest BCUT2D eigenvalue weighted by Gasteiger charge is -2.44. The number of ether oxygens (including phenoxy) is 2. The van der Waals surface area contributed by atoms with Crippen molar-refractivity contribution in [2.45, 2.75) is 38.1 Å². The van der Waals surface area contributed by atoms with E-state index in [1.54, 1.807) is 19.2 Å². The molecule has 2 atom stereocenters. The molecular formula is C18H25NO3. The first-order chi connectivity index (χ1) is 10.8. The van der Waals surface area contributed by atoms with Gasteiger partial charge in [0.15, 0.2) is 0 Å². The molecule has 3 rings (SSSR count). The molecule has 0 unspecified atom stereocenters. The third-order valence-electron chi connectivity index (χ3n) is 4.98. The molecule has 2 aliphatic heterocycles. The quantitative estimate of drug-likeness (QED) is 0.801. The van der Waals surface area contributed by atoms with Crippen LogP contribution in [0.5, 0.6) is 5.75 Å². The molecule has 0 saturated carbocycles. The first kappa shape index (κ1) is 15.3. The van der Waals surface area contributed by atoms with Crippen LogP contribution in [0.3, 0.4) is 0 Å².